The van der Waals surface area contributed by atoms with Gasteiger partial charge >= 0.3 is 0 Å². The van der Waals surface area contributed by atoms with Crippen LogP contribution in [0.25, 0.3) is 0 Å². The Morgan fingerprint density at radius 3 is 2.71 bits per heavy atom. The van der Waals surface area contributed by atoms with E-state index >= 15 is 0 Å². The lowest BCUT2D eigenvalue weighted by molar-refractivity contribution is 0.291. The standard InChI is InChI=1S/C15H24N2O3S/c1-12(2)16-10-13(3)21(18,19)17-8-9-20-15-7-5-4-6-14(15)11-17/h4-7,12-13,16H,8-11H2,1-3H3. The number of ether oxygens (including phenoxy) is 1. The minimum atomic E-state index is -3.33. The Kier molecular flexibility index (Phi) is 5.24. The second kappa shape index (κ2) is 6.77. The first-order chi connectivity index (χ1) is 9.91. The molecule has 0 radical (unpaired) electrons. The van der Waals surface area contributed by atoms with Gasteiger partial charge in [-0.1, -0.05) is 32.0 Å². The highest BCUT2D eigenvalue weighted by Gasteiger charge is 2.30. The van der Waals surface area contributed by atoms with Crippen molar-refractivity contribution in [3.8, 4) is 5.75 Å². The van der Waals surface area contributed by atoms with Gasteiger partial charge in [0.25, 0.3) is 0 Å². The van der Waals surface area contributed by atoms with E-state index in [9.17, 15) is 8.42 Å². The number of fused-ring (bicyclic) bond motifs is 1. The topological polar surface area (TPSA) is 58.6 Å². The van der Waals surface area contributed by atoms with Gasteiger partial charge < -0.3 is 10.1 Å². The minimum absolute atomic E-state index is 0.274. The molecule has 0 saturated carbocycles. The van der Waals surface area contributed by atoms with Crippen LogP contribution in [0.3, 0.4) is 0 Å². The van der Waals surface area contributed by atoms with Crippen LogP contribution in [0.1, 0.15) is 26.3 Å². The van der Waals surface area contributed by atoms with Gasteiger partial charge in [-0.2, -0.15) is 4.31 Å². The van der Waals surface area contributed by atoms with Crippen LogP contribution >= 0.6 is 0 Å². The Bertz CT molecular complexity index is 572. The molecule has 0 aromatic heterocycles. The van der Waals surface area contributed by atoms with Crippen molar-refractivity contribution in [1.82, 2.24) is 9.62 Å². The summed E-state index contributed by atoms with van der Waals surface area (Å²) in [6.07, 6.45) is 0. The van der Waals surface area contributed by atoms with Gasteiger partial charge in [-0.05, 0) is 13.0 Å². The molecule has 1 aliphatic heterocycles. The van der Waals surface area contributed by atoms with Gasteiger partial charge in [-0.3, -0.25) is 0 Å². The molecule has 6 heteroatoms. The Labute approximate surface area is 127 Å². The SMILES string of the molecule is CC(C)NCC(C)S(=O)(=O)N1CCOc2ccccc2C1. The van der Waals surface area contributed by atoms with Crippen molar-refractivity contribution in [2.45, 2.75) is 38.6 Å². The third-order valence-corrected chi connectivity index (χ3v) is 5.81. The molecule has 0 fully saturated rings. The molecular weight excluding hydrogens is 288 g/mol. The quantitative estimate of drug-likeness (QED) is 0.897. The summed E-state index contributed by atoms with van der Waals surface area (Å²) in [5.74, 6) is 0.781. The monoisotopic (exact) mass is 312 g/mol. The van der Waals surface area contributed by atoms with E-state index < -0.39 is 15.3 Å². The molecule has 2 rings (SSSR count). The van der Waals surface area contributed by atoms with Crippen molar-refractivity contribution in [1.29, 1.82) is 0 Å². The molecule has 1 aromatic rings. The second-order valence-electron chi connectivity index (χ2n) is 5.71. The smallest absolute Gasteiger partial charge is 0.218 e. The Morgan fingerprint density at radius 2 is 2.00 bits per heavy atom. The number of nitrogens with zero attached hydrogens (tertiary/aromatic N) is 1. The van der Waals surface area contributed by atoms with E-state index in [0.717, 1.165) is 11.3 Å². The van der Waals surface area contributed by atoms with Gasteiger partial charge in [0.1, 0.15) is 12.4 Å². The van der Waals surface area contributed by atoms with Crippen molar-refractivity contribution in [2.24, 2.45) is 0 Å². The molecule has 21 heavy (non-hydrogen) atoms. The highest BCUT2D eigenvalue weighted by molar-refractivity contribution is 7.89. The molecule has 1 heterocycles. The van der Waals surface area contributed by atoms with E-state index in [1.165, 1.54) is 4.31 Å². The lowest BCUT2D eigenvalue weighted by Crippen LogP contribution is -2.43. The summed E-state index contributed by atoms with van der Waals surface area (Å²) in [5.41, 5.74) is 0.919. The van der Waals surface area contributed by atoms with Gasteiger partial charge in [-0.25, -0.2) is 8.42 Å². The van der Waals surface area contributed by atoms with Crippen molar-refractivity contribution < 1.29 is 13.2 Å². The summed E-state index contributed by atoms with van der Waals surface area (Å²) in [6.45, 7) is 7.39. The molecule has 0 amide bonds. The van der Waals surface area contributed by atoms with Gasteiger partial charge in [0.2, 0.25) is 10.0 Å². The van der Waals surface area contributed by atoms with Gasteiger partial charge in [-0.15, -0.1) is 0 Å². The molecule has 0 bridgehead atoms. The fourth-order valence-electron chi connectivity index (χ4n) is 2.28. The first-order valence-electron chi connectivity index (χ1n) is 7.34. The molecule has 118 valence electrons. The van der Waals surface area contributed by atoms with E-state index in [-0.39, 0.29) is 6.04 Å². The zero-order valence-electron chi connectivity index (χ0n) is 12.9. The van der Waals surface area contributed by atoms with Crippen molar-refractivity contribution in [2.75, 3.05) is 19.7 Å². The number of para-hydroxylation sites is 1. The molecule has 1 unspecified atom stereocenters. The van der Waals surface area contributed by atoms with Crippen molar-refractivity contribution in [3.63, 3.8) is 0 Å². The van der Waals surface area contributed by atoms with Gasteiger partial charge in [0.05, 0.1) is 5.25 Å². The molecule has 1 atom stereocenters. The minimum Gasteiger partial charge on any atom is -0.492 e. The molecule has 0 saturated heterocycles. The third-order valence-electron chi connectivity index (χ3n) is 3.60. The number of hydrogen-bond acceptors (Lipinski definition) is 4. The van der Waals surface area contributed by atoms with E-state index in [2.05, 4.69) is 5.32 Å². The predicted molar refractivity (Wildman–Crippen MR) is 83.9 cm³/mol. The van der Waals surface area contributed by atoms with Crippen LogP contribution in [-0.2, 0) is 16.6 Å². The average Bonchev–Trinajstić information content (AvgIpc) is 2.67. The van der Waals surface area contributed by atoms with Crippen LogP contribution in [0.5, 0.6) is 5.75 Å². The lowest BCUT2D eigenvalue weighted by atomic mass is 10.2. The van der Waals surface area contributed by atoms with Crippen molar-refractivity contribution >= 4 is 10.0 Å². The van der Waals surface area contributed by atoms with E-state index in [1.807, 2.05) is 38.1 Å². The summed E-state index contributed by atoms with van der Waals surface area (Å²) in [7, 11) is -3.33. The number of nitrogens with one attached hydrogen (secondary N) is 1. The highest BCUT2D eigenvalue weighted by atomic mass is 32.2. The van der Waals surface area contributed by atoms with E-state index in [0.29, 0.717) is 26.2 Å². The van der Waals surface area contributed by atoms with Gasteiger partial charge in [0.15, 0.2) is 0 Å². The highest BCUT2D eigenvalue weighted by Crippen LogP contribution is 2.24. The molecule has 1 N–H and O–H groups in total. The first-order valence-corrected chi connectivity index (χ1v) is 8.84. The third kappa shape index (κ3) is 3.96. The molecule has 1 aromatic carbocycles. The average molecular weight is 312 g/mol. The summed E-state index contributed by atoms with van der Waals surface area (Å²) in [4.78, 5) is 0. The van der Waals surface area contributed by atoms with Crippen LogP contribution in [0, 0.1) is 0 Å². The maximum Gasteiger partial charge on any atom is 0.218 e. The summed E-state index contributed by atoms with van der Waals surface area (Å²) in [5, 5.41) is 2.73. The molecule has 1 aliphatic rings. The largest absolute Gasteiger partial charge is 0.492 e. The zero-order valence-corrected chi connectivity index (χ0v) is 13.7. The van der Waals surface area contributed by atoms with E-state index in [4.69, 9.17) is 4.74 Å². The summed E-state index contributed by atoms with van der Waals surface area (Å²) in [6, 6.07) is 7.88. The lowest BCUT2D eigenvalue weighted by Gasteiger charge is -2.24. The first kappa shape index (κ1) is 16.3. The number of benzene rings is 1. The fourth-order valence-corrected chi connectivity index (χ4v) is 3.74. The number of sulfonamides is 1. The van der Waals surface area contributed by atoms with Crippen LogP contribution < -0.4 is 10.1 Å². The van der Waals surface area contributed by atoms with Gasteiger partial charge in [0, 0.05) is 31.2 Å². The fraction of sp³-hybridized carbons (Fsp3) is 0.600. The molecule has 5 nitrogen and oxygen atoms in total. The molecule has 0 spiro atoms. The number of hydrogen-bond donors (Lipinski definition) is 1. The Balaban J connectivity index is 2.13. The summed E-state index contributed by atoms with van der Waals surface area (Å²) >= 11 is 0. The van der Waals surface area contributed by atoms with Crippen LogP contribution in [0.15, 0.2) is 24.3 Å². The number of rotatable bonds is 5. The maximum atomic E-state index is 12.7. The molecule has 0 aliphatic carbocycles. The predicted octanol–water partition coefficient (Wildman–Crippen LogP) is 1.60. The zero-order chi connectivity index (χ0) is 15.5. The van der Waals surface area contributed by atoms with Crippen molar-refractivity contribution in [3.05, 3.63) is 29.8 Å². The maximum absolute atomic E-state index is 12.7. The normalized spacial score (nSPS) is 17.9. The van der Waals surface area contributed by atoms with E-state index in [1.54, 1.807) is 6.92 Å². The van der Waals surface area contributed by atoms with Crippen LogP contribution in [0.4, 0.5) is 0 Å². The second-order valence-corrected chi connectivity index (χ2v) is 8.06. The molecular formula is C15H24N2O3S. The summed E-state index contributed by atoms with van der Waals surface area (Å²) < 4.78 is 32.5. The Morgan fingerprint density at radius 1 is 1.29 bits per heavy atom. The van der Waals surface area contributed by atoms with Crippen LogP contribution in [0.2, 0.25) is 0 Å². The Hall–Kier alpha value is -1.11. The van der Waals surface area contributed by atoms with Crippen LogP contribution in [-0.4, -0.2) is 43.7 Å².